The molecule has 2 aromatic heterocycles. The molecule has 13 heteroatoms. The minimum absolute atomic E-state index is 0.0369. The van der Waals surface area contributed by atoms with Crippen molar-refractivity contribution in [2.45, 2.75) is 19.8 Å². The lowest BCUT2D eigenvalue weighted by molar-refractivity contribution is -0.132. The van der Waals surface area contributed by atoms with Crippen LogP contribution in [0.4, 0.5) is 5.69 Å². The molecule has 51 heavy (non-hydrogen) atoms. The fourth-order valence-electron chi connectivity index (χ4n) is 6.94. The number of methoxy groups -OCH3 is 1. The van der Waals surface area contributed by atoms with Crippen LogP contribution >= 0.6 is 0 Å². The molecule has 5 aromatic rings. The monoisotopic (exact) mass is 686 g/mol. The zero-order valence-corrected chi connectivity index (χ0v) is 28.8. The van der Waals surface area contributed by atoms with Gasteiger partial charge in [0.15, 0.2) is 0 Å². The maximum Gasteiger partial charge on any atom is 0.437 e. The van der Waals surface area contributed by atoms with Crippen molar-refractivity contribution in [3.63, 3.8) is 0 Å². The molecule has 0 aliphatic carbocycles. The van der Waals surface area contributed by atoms with Crippen LogP contribution in [0.3, 0.4) is 0 Å². The number of benzene rings is 3. The molecule has 2 aliphatic rings. The highest BCUT2D eigenvalue weighted by atomic mass is 16.5. The van der Waals surface area contributed by atoms with Gasteiger partial charge in [0.05, 0.1) is 30.7 Å². The van der Waals surface area contributed by atoms with Gasteiger partial charge in [-0.15, -0.1) is 5.10 Å². The van der Waals surface area contributed by atoms with E-state index in [0.29, 0.717) is 56.2 Å². The Kier molecular flexibility index (Phi) is 9.25. The van der Waals surface area contributed by atoms with Crippen molar-refractivity contribution in [1.29, 1.82) is 5.26 Å². The third kappa shape index (κ3) is 6.65. The second-order valence-electron chi connectivity index (χ2n) is 12.8. The first kappa shape index (κ1) is 33.5. The lowest BCUT2D eigenvalue weighted by Crippen LogP contribution is -2.42. The molecule has 1 atom stereocenters. The summed E-state index contributed by atoms with van der Waals surface area (Å²) >= 11 is 0. The molecule has 2 amide bonds. The second kappa shape index (κ2) is 14.1. The van der Waals surface area contributed by atoms with E-state index in [9.17, 15) is 19.6 Å². The number of H-pyrrole nitrogens is 1. The fraction of sp³-hybridized carbons (Fsp3) is 0.316. The lowest BCUT2D eigenvalue weighted by Gasteiger charge is -2.29. The number of nitriles is 1. The molecule has 0 spiro atoms. The first-order valence-corrected chi connectivity index (χ1v) is 17.0. The number of rotatable bonds is 9. The summed E-state index contributed by atoms with van der Waals surface area (Å²) < 4.78 is 11.6. The van der Waals surface area contributed by atoms with Crippen molar-refractivity contribution in [2.75, 3.05) is 51.3 Å². The number of hydrogen-bond acceptors (Lipinski definition) is 9. The molecule has 3 aromatic carbocycles. The zero-order valence-electron chi connectivity index (χ0n) is 28.8. The van der Waals surface area contributed by atoms with Crippen LogP contribution < -0.4 is 15.4 Å². The summed E-state index contributed by atoms with van der Waals surface area (Å²) in [6, 6.07) is 21.1. The Morgan fingerprint density at radius 3 is 2.55 bits per heavy atom. The van der Waals surface area contributed by atoms with Crippen LogP contribution in [-0.2, 0) is 16.6 Å². The smallest absolute Gasteiger partial charge is 0.437 e. The molecule has 1 saturated heterocycles. The lowest BCUT2D eigenvalue weighted by atomic mass is 9.98. The van der Waals surface area contributed by atoms with Crippen molar-refractivity contribution in [2.24, 2.45) is 13.0 Å². The van der Waals surface area contributed by atoms with E-state index in [0.717, 1.165) is 50.0 Å². The Morgan fingerprint density at radius 2 is 1.86 bits per heavy atom. The van der Waals surface area contributed by atoms with Crippen LogP contribution in [0.15, 0.2) is 76.0 Å². The predicted octanol–water partition coefficient (Wildman–Crippen LogP) is 4.45. The molecule has 0 bridgehead atoms. The molecule has 0 saturated carbocycles. The zero-order chi connectivity index (χ0) is 35.6. The molecular weight excluding hydrogens is 648 g/mol. The SMILES string of the molecule is CCN(C(=O)[C@@H]1CCN(CC(=O)N2CC=C(c3ccc(-c4nn(C)c(=O)o4)cc3)CC2)C1)c1ccc2[nH]nc(-c3ccc(OC)c(C#N)c3)c2c1. The van der Waals surface area contributed by atoms with E-state index in [2.05, 4.69) is 32.3 Å². The van der Waals surface area contributed by atoms with Crippen LogP contribution in [0.2, 0.25) is 0 Å². The maximum absolute atomic E-state index is 13.9. The normalized spacial score (nSPS) is 16.2. The number of fused-ring (bicyclic) bond motifs is 1. The summed E-state index contributed by atoms with van der Waals surface area (Å²) in [7, 11) is 3.08. The molecular formula is C38H38N8O5. The Hall–Kier alpha value is -6.00. The van der Waals surface area contributed by atoms with E-state index in [1.807, 2.05) is 60.4 Å². The van der Waals surface area contributed by atoms with Gasteiger partial charge in [0, 0.05) is 55.4 Å². The maximum atomic E-state index is 13.9. The first-order chi connectivity index (χ1) is 24.8. The minimum Gasteiger partial charge on any atom is -0.495 e. The van der Waals surface area contributed by atoms with Gasteiger partial charge < -0.3 is 19.0 Å². The molecule has 0 unspecified atom stereocenters. The van der Waals surface area contributed by atoms with Crippen molar-refractivity contribution < 1.29 is 18.7 Å². The number of carbonyl (C=O) groups excluding carboxylic acids is 2. The van der Waals surface area contributed by atoms with E-state index in [-0.39, 0.29) is 30.2 Å². The van der Waals surface area contributed by atoms with Gasteiger partial charge >= 0.3 is 5.76 Å². The van der Waals surface area contributed by atoms with E-state index >= 15 is 0 Å². The summed E-state index contributed by atoms with van der Waals surface area (Å²) in [6.07, 6.45) is 3.51. The number of likely N-dealkylation sites (tertiary alicyclic amines) is 1. The Bertz CT molecular complexity index is 2240. The van der Waals surface area contributed by atoms with Gasteiger partial charge in [0.1, 0.15) is 17.5 Å². The third-order valence-corrected chi connectivity index (χ3v) is 9.77. The Labute approximate surface area is 294 Å². The molecule has 7 rings (SSSR count). The number of hydrogen-bond donors (Lipinski definition) is 1. The summed E-state index contributed by atoms with van der Waals surface area (Å²) in [4.78, 5) is 44.6. The van der Waals surface area contributed by atoms with Gasteiger partial charge in [-0.3, -0.25) is 19.6 Å². The Balaban J connectivity index is 0.967. The molecule has 4 heterocycles. The largest absolute Gasteiger partial charge is 0.495 e. The second-order valence-corrected chi connectivity index (χ2v) is 12.8. The summed E-state index contributed by atoms with van der Waals surface area (Å²) in [5.74, 6) is 0.153. The number of ether oxygens (including phenoxy) is 1. The van der Waals surface area contributed by atoms with Crippen molar-refractivity contribution in [3.05, 3.63) is 88.4 Å². The minimum atomic E-state index is -0.505. The van der Waals surface area contributed by atoms with Crippen molar-refractivity contribution >= 4 is 34.0 Å². The van der Waals surface area contributed by atoms with Gasteiger partial charge in [0.2, 0.25) is 17.7 Å². The van der Waals surface area contributed by atoms with E-state index < -0.39 is 5.76 Å². The molecule has 2 aliphatic heterocycles. The van der Waals surface area contributed by atoms with E-state index in [1.165, 1.54) is 7.11 Å². The molecule has 1 fully saturated rings. The van der Waals surface area contributed by atoms with Gasteiger partial charge in [-0.1, -0.05) is 18.2 Å². The number of aromatic nitrogens is 4. The van der Waals surface area contributed by atoms with Crippen LogP contribution in [-0.4, -0.2) is 88.0 Å². The van der Waals surface area contributed by atoms with E-state index in [4.69, 9.17) is 9.15 Å². The standard InChI is InChI=1S/C38H38N8O5/c1-4-46(30-10-11-32-31(20-30)35(41-40-32)27-9-12-33(50-3)29(19-27)21-39)37(48)28-13-16-44(22-28)23-34(47)45-17-14-25(15-18-45)24-5-7-26(8-6-24)36-42-43(2)38(49)51-36/h5-12,14,19-20,28H,4,13,15-18,22-23H2,1-3H3,(H,40,41)/t28-/m1/s1. The van der Waals surface area contributed by atoms with Crippen LogP contribution in [0, 0.1) is 17.2 Å². The van der Waals surface area contributed by atoms with Crippen LogP contribution in [0.5, 0.6) is 5.75 Å². The number of nitrogens with one attached hydrogen (secondary N) is 1. The molecule has 260 valence electrons. The van der Waals surface area contributed by atoms with Gasteiger partial charge in [-0.2, -0.15) is 15.0 Å². The average molecular weight is 687 g/mol. The number of aryl methyl sites for hydroxylation is 1. The number of aromatic amines is 1. The van der Waals surface area contributed by atoms with E-state index in [1.54, 1.807) is 24.1 Å². The average Bonchev–Trinajstić information content (AvgIpc) is 3.90. The highest BCUT2D eigenvalue weighted by molar-refractivity contribution is 6.00. The third-order valence-electron chi connectivity index (χ3n) is 9.77. The summed E-state index contributed by atoms with van der Waals surface area (Å²) in [5.41, 5.74) is 6.42. The van der Waals surface area contributed by atoms with Gasteiger partial charge in [0.25, 0.3) is 0 Å². The molecule has 0 radical (unpaired) electrons. The van der Waals surface area contributed by atoms with Gasteiger partial charge in [-0.25, -0.2) is 4.79 Å². The summed E-state index contributed by atoms with van der Waals surface area (Å²) in [5, 5.41) is 22.1. The Morgan fingerprint density at radius 1 is 1.08 bits per heavy atom. The fourth-order valence-corrected chi connectivity index (χ4v) is 6.94. The number of nitrogens with zero attached hydrogens (tertiary/aromatic N) is 7. The highest BCUT2D eigenvalue weighted by Crippen LogP contribution is 2.33. The summed E-state index contributed by atoms with van der Waals surface area (Å²) in [6.45, 7) is 5.09. The quantitative estimate of drug-likeness (QED) is 0.237. The van der Waals surface area contributed by atoms with Crippen LogP contribution in [0.25, 0.3) is 39.2 Å². The topological polar surface area (TPSA) is 154 Å². The van der Waals surface area contributed by atoms with Crippen molar-refractivity contribution in [3.8, 4) is 34.5 Å². The highest BCUT2D eigenvalue weighted by Gasteiger charge is 2.33. The number of carbonyl (C=O) groups is 2. The van der Waals surface area contributed by atoms with Crippen molar-refractivity contribution in [1.82, 2.24) is 29.8 Å². The number of anilines is 1. The number of amides is 2. The predicted molar refractivity (Wildman–Crippen MR) is 192 cm³/mol. The van der Waals surface area contributed by atoms with Crippen LogP contribution in [0.1, 0.15) is 30.9 Å². The molecule has 13 nitrogen and oxygen atoms in total. The first-order valence-electron chi connectivity index (χ1n) is 17.0. The van der Waals surface area contributed by atoms with Gasteiger partial charge in [-0.05, 0) is 86.0 Å². The molecule has 1 N–H and O–H groups in total.